The van der Waals surface area contributed by atoms with Gasteiger partial charge >= 0.3 is 0 Å². The van der Waals surface area contributed by atoms with Crippen molar-refractivity contribution in [3.05, 3.63) is 65.1 Å². The summed E-state index contributed by atoms with van der Waals surface area (Å²) in [4.78, 5) is 0.726. The van der Waals surface area contributed by atoms with Gasteiger partial charge in [-0.3, -0.25) is 0 Å². The predicted octanol–water partition coefficient (Wildman–Crippen LogP) is 3.89. The molecule has 100 valence electrons. The van der Waals surface area contributed by atoms with E-state index in [1.54, 1.807) is 36.4 Å². The van der Waals surface area contributed by atoms with Crippen molar-refractivity contribution in [2.45, 2.75) is 25.2 Å². The van der Waals surface area contributed by atoms with Crippen LogP contribution < -0.4 is 0 Å². The lowest BCUT2D eigenvalue weighted by atomic mass is 10.0. The van der Waals surface area contributed by atoms with E-state index in [9.17, 15) is 8.42 Å². The standard InChI is InChI=1S/C16H18O2S/c1-13(2)14-7-6-10-16(12-11-14)19(17,18)15-8-4-3-5-9-15/h3-5,7-13H,6H2,1-2H3. The first kappa shape index (κ1) is 13.8. The minimum Gasteiger partial charge on any atom is -0.219 e. The van der Waals surface area contributed by atoms with E-state index >= 15 is 0 Å². The summed E-state index contributed by atoms with van der Waals surface area (Å²) in [6.07, 6.45) is 8.12. The molecule has 2 nitrogen and oxygen atoms in total. The SMILES string of the molecule is CC(C)C1=CCC=C(S(=O)(=O)c2ccccc2)C=C1. The van der Waals surface area contributed by atoms with Gasteiger partial charge in [0.2, 0.25) is 9.84 Å². The molecule has 0 saturated carbocycles. The molecule has 0 amide bonds. The molecule has 0 aliphatic heterocycles. The van der Waals surface area contributed by atoms with E-state index in [0.29, 0.717) is 22.1 Å². The van der Waals surface area contributed by atoms with E-state index in [-0.39, 0.29) is 0 Å². The van der Waals surface area contributed by atoms with E-state index in [2.05, 4.69) is 19.9 Å². The topological polar surface area (TPSA) is 34.1 Å². The van der Waals surface area contributed by atoms with Gasteiger partial charge in [-0.2, -0.15) is 0 Å². The van der Waals surface area contributed by atoms with Crippen LogP contribution in [0.2, 0.25) is 0 Å². The van der Waals surface area contributed by atoms with Crippen LogP contribution in [0, 0.1) is 5.92 Å². The van der Waals surface area contributed by atoms with Crippen LogP contribution in [0.3, 0.4) is 0 Å². The van der Waals surface area contributed by atoms with E-state index in [1.165, 1.54) is 5.57 Å². The van der Waals surface area contributed by atoms with Crippen molar-refractivity contribution in [2.24, 2.45) is 5.92 Å². The number of sulfone groups is 1. The smallest absolute Gasteiger partial charge is 0.206 e. The third-order valence-electron chi connectivity index (χ3n) is 3.14. The van der Waals surface area contributed by atoms with Crippen LogP contribution >= 0.6 is 0 Å². The Balaban J connectivity index is 2.35. The number of hydrogen-bond acceptors (Lipinski definition) is 2. The van der Waals surface area contributed by atoms with Crippen molar-refractivity contribution in [2.75, 3.05) is 0 Å². The van der Waals surface area contributed by atoms with Gasteiger partial charge in [-0.1, -0.05) is 50.3 Å². The van der Waals surface area contributed by atoms with Crippen LogP contribution in [0.5, 0.6) is 0 Å². The highest BCUT2D eigenvalue weighted by atomic mass is 32.2. The first-order chi connectivity index (χ1) is 9.01. The largest absolute Gasteiger partial charge is 0.219 e. The van der Waals surface area contributed by atoms with Gasteiger partial charge in [0.05, 0.1) is 9.80 Å². The lowest BCUT2D eigenvalue weighted by Crippen LogP contribution is -2.02. The minimum atomic E-state index is -3.39. The van der Waals surface area contributed by atoms with Gasteiger partial charge < -0.3 is 0 Å². The maximum Gasteiger partial charge on any atom is 0.206 e. The van der Waals surface area contributed by atoms with Crippen molar-refractivity contribution in [1.82, 2.24) is 0 Å². The average Bonchev–Trinajstić information content (AvgIpc) is 2.66. The molecule has 0 spiro atoms. The summed E-state index contributed by atoms with van der Waals surface area (Å²) in [5.74, 6) is 0.406. The Bertz CT molecular complexity index is 633. The molecular formula is C16H18O2S. The maximum absolute atomic E-state index is 12.5. The molecule has 1 aromatic rings. The number of allylic oxidation sites excluding steroid dienone is 5. The van der Waals surface area contributed by atoms with E-state index in [0.717, 1.165) is 0 Å². The summed E-state index contributed by atoms with van der Waals surface area (Å²) in [6.45, 7) is 4.21. The molecule has 1 aliphatic carbocycles. The highest BCUT2D eigenvalue weighted by Gasteiger charge is 2.18. The molecule has 0 aromatic heterocycles. The normalized spacial score (nSPS) is 15.9. The summed E-state index contributed by atoms with van der Waals surface area (Å²) >= 11 is 0. The Kier molecular flexibility index (Phi) is 4.05. The van der Waals surface area contributed by atoms with E-state index in [4.69, 9.17) is 0 Å². The Labute approximate surface area is 115 Å². The Morgan fingerprint density at radius 3 is 2.32 bits per heavy atom. The lowest BCUT2D eigenvalue weighted by molar-refractivity contribution is 0.603. The second-order valence-corrected chi connectivity index (χ2v) is 6.80. The Morgan fingerprint density at radius 1 is 1.00 bits per heavy atom. The molecule has 0 atom stereocenters. The fourth-order valence-corrected chi connectivity index (χ4v) is 3.34. The fourth-order valence-electron chi connectivity index (χ4n) is 1.99. The number of rotatable bonds is 3. The third kappa shape index (κ3) is 3.04. The highest BCUT2D eigenvalue weighted by Crippen LogP contribution is 2.24. The lowest BCUT2D eigenvalue weighted by Gasteiger charge is -2.05. The summed E-state index contributed by atoms with van der Waals surface area (Å²) in [5.41, 5.74) is 1.18. The van der Waals surface area contributed by atoms with Crippen LogP contribution in [0.4, 0.5) is 0 Å². The summed E-state index contributed by atoms with van der Waals surface area (Å²) in [7, 11) is -3.39. The molecule has 19 heavy (non-hydrogen) atoms. The first-order valence-electron chi connectivity index (χ1n) is 6.40. The predicted molar refractivity (Wildman–Crippen MR) is 78.4 cm³/mol. The zero-order valence-electron chi connectivity index (χ0n) is 11.2. The van der Waals surface area contributed by atoms with Gasteiger partial charge in [-0.05, 0) is 36.1 Å². The van der Waals surface area contributed by atoms with Gasteiger partial charge in [-0.15, -0.1) is 0 Å². The summed E-state index contributed by atoms with van der Waals surface area (Å²) < 4.78 is 24.9. The molecule has 0 unspecified atom stereocenters. The van der Waals surface area contributed by atoms with Crippen molar-refractivity contribution in [3.63, 3.8) is 0 Å². The molecule has 1 aliphatic rings. The minimum absolute atomic E-state index is 0.346. The molecule has 0 bridgehead atoms. The highest BCUT2D eigenvalue weighted by molar-refractivity contribution is 7.95. The maximum atomic E-state index is 12.5. The van der Waals surface area contributed by atoms with Crippen LogP contribution in [0.1, 0.15) is 20.3 Å². The van der Waals surface area contributed by atoms with Gasteiger partial charge in [0.25, 0.3) is 0 Å². The summed E-state index contributed by atoms with van der Waals surface area (Å²) in [5, 5.41) is 0. The van der Waals surface area contributed by atoms with Crippen LogP contribution in [-0.4, -0.2) is 8.42 Å². The Hall–Kier alpha value is -1.61. The zero-order valence-corrected chi connectivity index (χ0v) is 12.0. The van der Waals surface area contributed by atoms with E-state index in [1.807, 2.05) is 12.1 Å². The molecule has 0 saturated heterocycles. The van der Waals surface area contributed by atoms with Crippen LogP contribution in [-0.2, 0) is 9.84 Å². The Morgan fingerprint density at radius 2 is 1.68 bits per heavy atom. The quantitative estimate of drug-likeness (QED) is 0.838. The van der Waals surface area contributed by atoms with Gasteiger partial charge in [-0.25, -0.2) is 8.42 Å². The fraction of sp³-hybridized carbons (Fsp3) is 0.250. The average molecular weight is 274 g/mol. The molecule has 0 fully saturated rings. The zero-order chi connectivity index (χ0) is 13.9. The van der Waals surface area contributed by atoms with Gasteiger partial charge in [0.15, 0.2) is 0 Å². The molecule has 0 N–H and O–H groups in total. The van der Waals surface area contributed by atoms with Crippen molar-refractivity contribution in [3.8, 4) is 0 Å². The molecule has 3 heteroatoms. The third-order valence-corrected chi connectivity index (χ3v) is 4.96. The first-order valence-corrected chi connectivity index (χ1v) is 7.88. The summed E-state index contributed by atoms with van der Waals surface area (Å²) in [6, 6.07) is 8.56. The van der Waals surface area contributed by atoms with Gasteiger partial charge in [0.1, 0.15) is 0 Å². The second-order valence-electron chi connectivity index (χ2n) is 4.85. The van der Waals surface area contributed by atoms with E-state index < -0.39 is 9.84 Å². The molecule has 0 radical (unpaired) electrons. The molecular weight excluding hydrogens is 256 g/mol. The molecule has 1 aromatic carbocycles. The van der Waals surface area contributed by atoms with Crippen molar-refractivity contribution in [1.29, 1.82) is 0 Å². The number of hydrogen-bond donors (Lipinski definition) is 0. The van der Waals surface area contributed by atoms with Crippen molar-refractivity contribution < 1.29 is 8.42 Å². The van der Waals surface area contributed by atoms with Crippen LogP contribution in [0.25, 0.3) is 0 Å². The molecule has 0 heterocycles. The molecule has 2 rings (SSSR count). The van der Waals surface area contributed by atoms with Gasteiger partial charge in [0, 0.05) is 0 Å². The van der Waals surface area contributed by atoms with Crippen LogP contribution in [0.15, 0.2) is 70.0 Å². The number of benzene rings is 1. The second kappa shape index (κ2) is 5.57. The van der Waals surface area contributed by atoms with Crippen molar-refractivity contribution >= 4 is 9.84 Å². The monoisotopic (exact) mass is 274 g/mol.